The van der Waals surface area contributed by atoms with Crippen molar-refractivity contribution in [1.29, 1.82) is 0 Å². The first-order chi connectivity index (χ1) is 11.3. The summed E-state index contributed by atoms with van der Waals surface area (Å²) in [6, 6.07) is 8.60. The normalized spacial score (nSPS) is 11.6. The summed E-state index contributed by atoms with van der Waals surface area (Å²) in [5.74, 6) is -0.502. The number of nitrogens with one attached hydrogen (secondary N) is 1. The van der Waals surface area contributed by atoms with Crippen molar-refractivity contribution in [2.45, 2.75) is 6.18 Å². The number of alkyl halides is 3. The van der Waals surface area contributed by atoms with Crippen LogP contribution in [0.4, 0.5) is 18.9 Å². The van der Waals surface area contributed by atoms with E-state index in [9.17, 15) is 28.1 Å². The van der Waals surface area contributed by atoms with Gasteiger partial charge in [-0.3, -0.25) is 14.9 Å². The number of para-hydroxylation sites is 1. The van der Waals surface area contributed by atoms with Gasteiger partial charge in [-0.1, -0.05) is 18.2 Å². The molecule has 0 radical (unpaired) electrons. The zero-order valence-corrected chi connectivity index (χ0v) is 11.8. The maximum Gasteiger partial charge on any atom is 0.417 e. The molecule has 0 bridgehead atoms. The van der Waals surface area contributed by atoms with Gasteiger partial charge in [0.05, 0.1) is 21.4 Å². The first-order valence-corrected chi connectivity index (χ1v) is 6.63. The highest BCUT2D eigenvalue weighted by atomic mass is 19.4. The van der Waals surface area contributed by atoms with Crippen molar-refractivity contribution < 1.29 is 18.1 Å². The van der Waals surface area contributed by atoms with Crippen molar-refractivity contribution in [3.8, 4) is 11.4 Å². The molecule has 1 aromatic heterocycles. The maximum atomic E-state index is 13.2. The van der Waals surface area contributed by atoms with Crippen LogP contribution in [0.5, 0.6) is 0 Å². The number of nitro benzene ring substituents is 1. The third kappa shape index (κ3) is 2.60. The molecule has 0 amide bonds. The van der Waals surface area contributed by atoms with E-state index in [1.165, 1.54) is 12.1 Å². The van der Waals surface area contributed by atoms with Crippen LogP contribution < -0.4 is 5.56 Å². The predicted molar refractivity (Wildman–Crippen MR) is 79.5 cm³/mol. The maximum absolute atomic E-state index is 13.2. The molecule has 0 aliphatic rings. The Morgan fingerprint density at radius 3 is 2.46 bits per heavy atom. The number of hydrogen-bond acceptors (Lipinski definition) is 4. The Morgan fingerprint density at radius 1 is 1.08 bits per heavy atom. The molecule has 0 fully saturated rings. The van der Waals surface area contributed by atoms with Gasteiger partial charge in [0.2, 0.25) is 0 Å². The highest BCUT2D eigenvalue weighted by molar-refractivity contribution is 5.81. The van der Waals surface area contributed by atoms with Gasteiger partial charge in [-0.05, 0) is 18.2 Å². The van der Waals surface area contributed by atoms with Crippen LogP contribution in [0.15, 0.2) is 47.3 Å². The minimum atomic E-state index is -4.84. The summed E-state index contributed by atoms with van der Waals surface area (Å²) in [5, 5.41) is 11.3. The Balaban J connectivity index is 2.41. The van der Waals surface area contributed by atoms with Crippen LogP contribution in [-0.4, -0.2) is 14.9 Å². The summed E-state index contributed by atoms with van der Waals surface area (Å²) >= 11 is 0. The molecule has 1 N–H and O–H groups in total. The van der Waals surface area contributed by atoms with Gasteiger partial charge in [0.25, 0.3) is 11.2 Å². The molecule has 3 aromatic rings. The molecule has 122 valence electrons. The van der Waals surface area contributed by atoms with Gasteiger partial charge >= 0.3 is 6.18 Å². The molecular formula is C15H8F3N3O3. The van der Waals surface area contributed by atoms with E-state index in [4.69, 9.17) is 0 Å². The molecule has 0 saturated carbocycles. The zero-order chi connectivity index (χ0) is 17.5. The van der Waals surface area contributed by atoms with E-state index >= 15 is 0 Å². The number of hydrogen-bond donors (Lipinski definition) is 1. The van der Waals surface area contributed by atoms with Crippen molar-refractivity contribution in [1.82, 2.24) is 9.97 Å². The molecular weight excluding hydrogens is 327 g/mol. The summed E-state index contributed by atoms with van der Waals surface area (Å²) < 4.78 is 39.7. The lowest BCUT2D eigenvalue weighted by Gasteiger charge is -2.12. The lowest BCUT2D eigenvalue weighted by atomic mass is 10.0. The van der Waals surface area contributed by atoms with Gasteiger partial charge < -0.3 is 4.98 Å². The molecule has 9 heteroatoms. The lowest BCUT2D eigenvalue weighted by molar-refractivity contribution is -0.384. The van der Waals surface area contributed by atoms with Gasteiger partial charge in [-0.25, -0.2) is 4.98 Å². The lowest BCUT2D eigenvalue weighted by Crippen LogP contribution is -2.14. The van der Waals surface area contributed by atoms with Gasteiger partial charge in [0, 0.05) is 6.07 Å². The molecule has 0 spiro atoms. The molecule has 0 aliphatic heterocycles. The van der Waals surface area contributed by atoms with Crippen LogP contribution in [-0.2, 0) is 6.18 Å². The van der Waals surface area contributed by atoms with Crippen LogP contribution in [0, 0.1) is 10.1 Å². The Hall–Kier alpha value is -3.23. The third-order valence-electron chi connectivity index (χ3n) is 3.39. The first-order valence-electron chi connectivity index (χ1n) is 6.63. The molecule has 1 heterocycles. The minimum Gasteiger partial charge on any atom is -0.306 e. The fraction of sp³-hybridized carbons (Fsp3) is 0.0667. The number of H-pyrrole nitrogens is 1. The van der Waals surface area contributed by atoms with Gasteiger partial charge in [0.1, 0.15) is 11.4 Å². The molecule has 6 nitrogen and oxygen atoms in total. The van der Waals surface area contributed by atoms with Gasteiger partial charge in [-0.15, -0.1) is 0 Å². The summed E-state index contributed by atoms with van der Waals surface area (Å²) in [6.07, 6.45) is -4.84. The van der Waals surface area contributed by atoms with Crippen molar-refractivity contribution >= 4 is 16.6 Å². The third-order valence-corrected chi connectivity index (χ3v) is 3.39. The summed E-state index contributed by atoms with van der Waals surface area (Å²) in [4.78, 5) is 28.4. The van der Waals surface area contributed by atoms with Crippen molar-refractivity contribution in [3.63, 3.8) is 0 Å². The molecule has 3 rings (SSSR count). The van der Waals surface area contributed by atoms with E-state index < -0.39 is 39.3 Å². The number of halogens is 3. The van der Waals surface area contributed by atoms with Crippen LogP contribution in [0.2, 0.25) is 0 Å². The number of aromatic amines is 1. The number of rotatable bonds is 2. The summed E-state index contributed by atoms with van der Waals surface area (Å²) in [6.45, 7) is 0. The predicted octanol–water partition coefficient (Wildman–Crippen LogP) is 3.52. The van der Waals surface area contributed by atoms with Crippen molar-refractivity contribution in [2.24, 2.45) is 0 Å². The number of aromatic nitrogens is 2. The Labute approximate surface area is 131 Å². The first kappa shape index (κ1) is 15.7. The summed E-state index contributed by atoms with van der Waals surface area (Å²) in [7, 11) is 0. The van der Waals surface area contributed by atoms with Crippen molar-refractivity contribution in [2.75, 3.05) is 0 Å². The second-order valence-corrected chi connectivity index (χ2v) is 4.89. The number of nitrogens with zero attached hydrogens (tertiary/aromatic N) is 2. The zero-order valence-electron chi connectivity index (χ0n) is 11.8. The Bertz CT molecular complexity index is 1010. The quantitative estimate of drug-likeness (QED) is 0.573. The fourth-order valence-corrected chi connectivity index (χ4v) is 2.38. The minimum absolute atomic E-state index is 0.141. The highest BCUT2D eigenvalue weighted by Crippen LogP contribution is 2.40. The van der Waals surface area contributed by atoms with Crippen LogP contribution in [0.3, 0.4) is 0 Å². The average Bonchev–Trinajstić information content (AvgIpc) is 2.53. The van der Waals surface area contributed by atoms with E-state index in [0.29, 0.717) is 6.07 Å². The van der Waals surface area contributed by atoms with E-state index in [0.717, 1.165) is 12.1 Å². The molecule has 0 atom stereocenters. The fourth-order valence-electron chi connectivity index (χ4n) is 2.38. The van der Waals surface area contributed by atoms with Crippen LogP contribution >= 0.6 is 0 Å². The van der Waals surface area contributed by atoms with Gasteiger partial charge in [-0.2, -0.15) is 13.2 Å². The van der Waals surface area contributed by atoms with E-state index in [1.807, 2.05) is 0 Å². The highest BCUT2D eigenvalue weighted by Gasteiger charge is 2.38. The number of nitro groups is 1. The Morgan fingerprint density at radius 2 is 1.79 bits per heavy atom. The monoisotopic (exact) mass is 335 g/mol. The number of fused-ring (bicyclic) bond motifs is 1. The second-order valence-electron chi connectivity index (χ2n) is 4.89. The largest absolute Gasteiger partial charge is 0.417 e. The standard InChI is InChI=1S/C15H8F3N3O3/c16-15(17,18)9-5-3-7-11(21(23)24)12(9)13-19-10-6-2-1-4-8(10)14(22)20-13/h1-7H,(H,19,20,22). The Kier molecular flexibility index (Phi) is 3.55. The smallest absolute Gasteiger partial charge is 0.306 e. The molecule has 0 aliphatic carbocycles. The molecule has 24 heavy (non-hydrogen) atoms. The average molecular weight is 335 g/mol. The van der Waals surface area contributed by atoms with Gasteiger partial charge in [0.15, 0.2) is 0 Å². The number of benzene rings is 2. The second kappa shape index (κ2) is 5.44. The van der Waals surface area contributed by atoms with E-state index in [1.54, 1.807) is 12.1 Å². The molecule has 0 saturated heterocycles. The molecule has 2 aromatic carbocycles. The van der Waals surface area contributed by atoms with Crippen molar-refractivity contribution in [3.05, 3.63) is 68.5 Å². The summed E-state index contributed by atoms with van der Waals surface area (Å²) in [5.41, 5.74) is -3.33. The van der Waals surface area contributed by atoms with E-state index in [2.05, 4.69) is 9.97 Å². The topological polar surface area (TPSA) is 88.9 Å². The SMILES string of the molecule is O=c1[nH]c(-c2c([N+](=O)[O-])cccc2C(F)(F)F)nc2ccccc12. The van der Waals surface area contributed by atoms with E-state index in [-0.39, 0.29) is 10.9 Å². The van der Waals surface area contributed by atoms with Crippen LogP contribution in [0.1, 0.15) is 5.56 Å². The molecule has 0 unspecified atom stereocenters. The van der Waals surface area contributed by atoms with Crippen LogP contribution in [0.25, 0.3) is 22.3 Å².